The average molecular weight is 279 g/mol. The molecule has 0 amide bonds. The van der Waals surface area contributed by atoms with Gasteiger partial charge in [0, 0.05) is 23.6 Å². The maximum atomic E-state index is 9.28. The van der Waals surface area contributed by atoms with E-state index in [0.29, 0.717) is 18.9 Å². The molecule has 102 valence electrons. The van der Waals surface area contributed by atoms with Gasteiger partial charge in [0.1, 0.15) is 11.6 Å². The number of benzene rings is 1. The van der Waals surface area contributed by atoms with Crippen LogP contribution in [0.1, 0.15) is 19.7 Å². The largest absolute Gasteiger partial charge is 0.494 e. The van der Waals surface area contributed by atoms with Gasteiger partial charge in [-0.25, -0.2) is 4.98 Å². The van der Waals surface area contributed by atoms with Gasteiger partial charge in [-0.15, -0.1) is 0 Å². The monoisotopic (exact) mass is 279 g/mol. The highest BCUT2D eigenvalue weighted by atomic mass is 32.1. The minimum Gasteiger partial charge on any atom is -0.494 e. The summed E-state index contributed by atoms with van der Waals surface area (Å²) in [6.45, 7) is 4.34. The van der Waals surface area contributed by atoms with Crippen molar-refractivity contribution in [2.75, 3.05) is 11.9 Å². The van der Waals surface area contributed by atoms with Gasteiger partial charge in [0.2, 0.25) is 5.13 Å². The van der Waals surface area contributed by atoms with Crippen molar-refractivity contribution < 1.29 is 9.84 Å². The Hall–Kier alpha value is -1.66. The highest BCUT2D eigenvalue weighted by Crippen LogP contribution is 2.21. The Bertz CT molecular complexity index is 511. The van der Waals surface area contributed by atoms with E-state index in [2.05, 4.69) is 14.7 Å². The van der Waals surface area contributed by atoms with Crippen LogP contribution in [0.15, 0.2) is 24.3 Å². The average Bonchev–Trinajstić information content (AvgIpc) is 2.78. The van der Waals surface area contributed by atoms with Gasteiger partial charge in [0.05, 0.1) is 12.7 Å². The first-order valence-electron chi connectivity index (χ1n) is 6.18. The molecular weight excluding hydrogens is 262 g/mol. The smallest absolute Gasteiger partial charge is 0.207 e. The standard InChI is InChI=1S/C13H17N3O2S/c1-3-18-11-6-4-10(5-7-11)14-13-15-12(16-19-13)8-9(2)17/h4-7,9,17H,3,8H2,1-2H3,(H,14,15,16). The third-order valence-corrected chi connectivity index (χ3v) is 3.03. The maximum Gasteiger partial charge on any atom is 0.207 e. The first kappa shape index (κ1) is 13.8. The van der Waals surface area contributed by atoms with E-state index in [1.165, 1.54) is 11.5 Å². The molecule has 0 aliphatic heterocycles. The van der Waals surface area contributed by atoms with Crippen LogP contribution in [-0.2, 0) is 6.42 Å². The first-order valence-corrected chi connectivity index (χ1v) is 6.95. The predicted molar refractivity (Wildman–Crippen MR) is 76.2 cm³/mol. The lowest BCUT2D eigenvalue weighted by molar-refractivity contribution is 0.193. The van der Waals surface area contributed by atoms with Crippen LogP contribution in [0.25, 0.3) is 0 Å². The second-order valence-electron chi connectivity index (χ2n) is 4.15. The van der Waals surface area contributed by atoms with Gasteiger partial charge in [-0.1, -0.05) is 0 Å². The molecule has 0 radical (unpaired) electrons. The van der Waals surface area contributed by atoms with Crippen LogP contribution in [0.3, 0.4) is 0 Å². The second kappa shape index (κ2) is 6.49. The Morgan fingerprint density at radius 3 is 2.74 bits per heavy atom. The van der Waals surface area contributed by atoms with Crippen LogP contribution in [0.4, 0.5) is 10.8 Å². The van der Waals surface area contributed by atoms with E-state index in [1.807, 2.05) is 31.2 Å². The third-order valence-electron chi connectivity index (χ3n) is 2.36. The first-order chi connectivity index (χ1) is 9.17. The Balaban J connectivity index is 1.98. The van der Waals surface area contributed by atoms with E-state index < -0.39 is 6.10 Å². The molecule has 1 unspecified atom stereocenters. The number of nitrogens with zero attached hydrogens (tertiary/aromatic N) is 2. The summed E-state index contributed by atoms with van der Waals surface area (Å²) in [4.78, 5) is 4.31. The Kier molecular flexibility index (Phi) is 4.70. The lowest BCUT2D eigenvalue weighted by atomic mass is 10.3. The van der Waals surface area contributed by atoms with E-state index in [-0.39, 0.29) is 0 Å². The molecule has 0 saturated heterocycles. The fourth-order valence-corrected chi connectivity index (χ4v) is 2.19. The summed E-state index contributed by atoms with van der Waals surface area (Å²) < 4.78 is 9.56. The van der Waals surface area contributed by atoms with Crippen molar-refractivity contribution in [1.82, 2.24) is 9.36 Å². The molecule has 2 rings (SSSR count). The van der Waals surface area contributed by atoms with Crippen LogP contribution in [0.2, 0.25) is 0 Å². The van der Waals surface area contributed by atoms with Crippen molar-refractivity contribution in [2.45, 2.75) is 26.4 Å². The van der Waals surface area contributed by atoms with Crippen LogP contribution in [0, 0.1) is 0 Å². The van der Waals surface area contributed by atoms with Crippen LogP contribution >= 0.6 is 11.5 Å². The summed E-state index contributed by atoms with van der Waals surface area (Å²) in [6, 6.07) is 7.68. The van der Waals surface area contributed by atoms with E-state index in [0.717, 1.165) is 16.6 Å². The number of hydrogen-bond donors (Lipinski definition) is 2. The number of rotatable bonds is 6. The van der Waals surface area contributed by atoms with Gasteiger partial charge >= 0.3 is 0 Å². The molecule has 0 spiro atoms. The van der Waals surface area contributed by atoms with Crippen molar-refractivity contribution in [1.29, 1.82) is 0 Å². The Labute approximate surface area is 116 Å². The minimum atomic E-state index is -0.423. The lowest BCUT2D eigenvalue weighted by Gasteiger charge is -2.05. The fraction of sp³-hybridized carbons (Fsp3) is 0.385. The topological polar surface area (TPSA) is 67.3 Å². The quantitative estimate of drug-likeness (QED) is 0.850. The fourth-order valence-electron chi connectivity index (χ4n) is 1.58. The van der Waals surface area contributed by atoms with E-state index in [4.69, 9.17) is 4.74 Å². The van der Waals surface area contributed by atoms with Crippen LogP contribution < -0.4 is 10.1 Å². The molecule has 0 saturated carbocycles. The number of aliphatic hydroxyl groups is 1. The van der Waals surface area contributed by atoms with Crippen molar-refractivity contribution >= 4 is 22.4 Å². The van der Waals surface area contributed by atoms with Gasteiger partial charge in [-0.2, -0.15) is 4.37 Å². The molecule has 5 nitrogen and oxygen atoms in total. The molecular formula is C13H17N3O2S. The molecule has 0 fully saturated rings. The van der Waals surface area contributed by atoms with E-state index in [9.17, 15) is 5.11 Å². The molecule has 0 bridgehead atoms. The lowest BCUT2D eigenvalue weighted by Crippen LogP contribution is -2.05. The highest BCUT2D eigenvalue weighted by molar-refractivity contribution is 7.09. The zero-order valence-electron chi connectivity index (χ0n) is 11.0. The van der Waals surface area contributed by atoms with Crippen molar-refractivity contribution in [3.05, 3.63) is 30.1 Å². The molecule has 0 aliphatic rings. The molecule has 6 heteroatoms. The third kappa shape index (κ3) is 4.18. The van der Waals surface area contributed by atoms with Gasteiger partial charge in [-0.05, 0) is 38.1 Å². The number of aliphatic hydroxyl groups excluding tert-OH is 1. The molecule has 1 aromatic heterocycles. The van der Waals surface area contributed by atoms with Crippen molar-refractivity contribution in [3.63, 3.8) is 0 Å². The number of nitrogens with one attached hydrogen (secondary N) is 1. The van der Waals surface area contributed by atoms with Gasteiger partial charge in [-0.3, -0.25) is 0 Å². The second-order valence-corrected chi connectivity index (χ2v) is 4.90. The summed E-state index contributed by atoms with van der Waals surface area (Å²) in [6.07, 6.45) is 0.0505. The summed E-state index contributed by atoms with van der Waals surface area (Å²) in [5.74, 6) is 1.51. The van der Waals surface area contributed by atoms with Gasteiger partial charge in [0.15, 0.2) is 0 Å². The molecule has 1 heterocycles. The summed E-state index contributed by atoms with van der Waals surface area (Å²) >= 11 is 1.29. The number of hydrogen-bond acceptors (Lipinski definition) is 6. The zero-order valence-corrected chi connectivity index (χ0v) is 11.8. The zero-order chi connectivity index (χ0) is 13.7. The summed E-state index contributed by atoms with van der Waals surface area (Å²) in [7, 11) is 0. The Morgan fingerprint density at radius 2 is 2.11 bits per heavy atom. The minimum absolute atomic E-state index is 0.423. The van der Waals surface area contributed by atoms with Gasteiger partial charge in [0.25, 0.3) is 0 Å². The molecule has 1 atom stereocenters. The van der Waals surface area contributed by atoms with Crippen LogP contribution in [-0.4, -0.2) is 27.2 Å². The number of aromatic nitrogens is 2. The predicted octanol–water partition coefficient (Wildman–Crippen LogP) is 2.60. The molecule has 0 aliphatic carbocycles. The summed E-state index contributed by atoms with van der Waals surface area (Å²) in [5.41, 5.74) is 0.934. The van der Waals surface area contributed by atoms with Crippen LogP contribution in [0.5, 0.6) is 5.75 Å². The van der Waals surface area contributed by atoms with Gasteiger partial charge < -0.3 is 15.2 Å². The number of ether oxygens (including phenoxy) is 1. The van der Waals surface area contributed by atoms with Crippen molar-refractivity contribution in [2.24, 2.45) is 0 Å². The summed E-state index contributed by atoms with van der Waals surface area (Å²) in [5, 5.41) is 13.2. The molecule has 1 aromatic carbocycles. The maximum absolute atomic E-state index is 9.28. The normalized spacial score (nSPS) is 12.2. The number of anilines is 2. The SMILES string of the molecule is CCOc1ccc(Nc2nc(CC(C)O)ns2)cc1. The highest BCUT2D eigenvalue weighted by Gasteiger charge is 2.07. The molecule has 2 N–H and O–H groups in total. The van der Waals surface area contributed by atoms with E-state index in [1.54, 1.807) is 6.92 Å². The Morgan fingerprint density at radius 1 is 1.37 bits per heavy atom. The molecule has 2 aromatic rings. The van der Waals surface area contributed by atoms with Crippen molar-refractivity contribution in [3.8, 4) is 5.75 Å². The van der Waals surface area contributed by atoms with E-state index >= 15 is 0 Å². The molecule has 19 heavy (non-hydrogen) atoms.